The standard InChI is InChI=1S/C25H25N7O3/c1-33-20-13-10-19(11-14-20)28-24-29-23(27-18-7-5-4-6-8-18)30-25(31-24)32-26-16-17-9-12-21(34-2)15-22(17)35-3/h4-16H,1-3H3,(H3,27,28,29,30,31,32)/b26-16+. The molecule has 0 radical (unpaired) electrons. The third kappa shape index (κ3) is 6.35. The zero-order valence-electron chi connectivity index (χ0n) is 19.5. The molecule has 10 nitrogen and oxygen atoms in total. The Morgan fingerprint density at radius 1 is 0.657 bits per heavy atom. The van der Waals surface area contributed by atoms with Crippen LogP contribution in [0.1, 0.15) is 5.56 Å². The van der Waals surface area contributed by atoms with Crippen molar-refractivity contribution in [2.75, 3.05) is 37.4 Å². The summed E-state index contributed by atoms with van der Waals surface area (Å²) < 4.78 is 15.9. The number of aromatic nitrogens is 3. The van der Waals surface area contributed by atoms with Crippen LogP contribution in [0.2, 0.25) is 0 Å². The Morgan fingerprint density at radius 3 is 1.89 bits per heavy atom. The van der Waals surface area contributed by atoms with Crippen LogP contribution < -0.4 is 30.3 Å². The number of ether oxygens (including phenoxy) is 3. The number of hydrazone groups is 1. The molecule has 10 heteroatoms. The zero-order chi connectivity index (χ0) is 24.5. The fourth-order valence-electron chi connectivity index (χ4n) is 3.08. The molecule has 0 unspecified atom stereocenters. The molecule has 4 rings (SSSR count). The van der Waals surface area contributed by atoms with Crippen LogP contribution in [0.5, 0.6) is 17.2 Å². The highest BCUT2D eigenvalue weighted by molar-refractivity contribution is 5.84. The third-order valence-electron chi connectivity index (χ3n) is 4.82. The summed E-state index contributed by atoms with van der Waals surface area (Å²) in [6, 6.07) is 22.5. The van der Waals surface area contributed by atoms with Gasteiger partial charge in [0.15, 0.2) is 0 Å². The van der Waals surface area contributed by atoms with Gasteiger partial charge in [0, 0.05) is 23.0 Å². The molecule has 0 aliphatic heterocycles. The molecule has 1 heterocycles. The van der Waals surface area contributed by atoms with Crippen molar-refractivity contribution in [3.63, 3.8) is 0 Å². The maximum Gasteiger partial charge on any atom is 0.250 e. The number of nitrogens with one attached hydrogen (secondary N) is 3. The maximum absolute atomic E-state index is 5.41. The van der Waals surface area contributed by atoms with Gasteiger partial charge in [-0.25, -0.2) is 5.43 Å². The first kappa shape index (κ1) is 23.3. The summed E-state index contributed by atoms with van der Waals surface area (Å²) in [5, 5.41) is 10.6. The second-order valence-electron chi connectivity index (χ2n) is 7.13. The Balaban J connectivity index is 1.57. The molecular weight excluding hydrogens is 446 g/mol. The second-order valence-corrected chi connectivity index (χ2v) is 7.13. The molecule has 0 saturated heterocycles. The van der Waals surface area contributed by atoms with Gasteiger partial charge >= 0.3 is 0 Å². The topological polar surface area (TPSA) is 115 Å². The Bertz CT molecular complexity index is 1280. The van der Waals surface area contributed by atoms with Crippen LogP contribution in [0.4, 0.5) is 29.2 Å². The molecule has 0 bridgehead atoms. The SMILES string of the molecule is COc1ccc(Nc2nc(N/N=C/c3ccc(OC)cc3OC)nc(Nc3ccccc3)n2)cc1. The van der Waals surface area contributed by atoms with Crippen molar-refractivity contribution >= 4 is 35.4 Å². The molecule has 0 fully saturated rings. The molecule has 3 aromatic carbocycles. The molecule has 0 aliphatic carbocycles. The molecule has 0 amide bonds. The molecule has 4 aromatic rings. The van der Waals surface area contributed by atoms with Crippen LogP contribution in [0.25, 0.3) is 0 Å². The summed E-state index contributed by atoms with van der Waals surface area (Å²) in [7, 11) is 4.81. The monoisotopic (exact) mass is 471 g/mol. The van der Waals surface area contributed by atoms with E-state index >= 15 is 0 Å². The van der Waals surface area contributed by atoms with Crippen molar-refractivity contribution in [1.29, 1.82) is 0 Å². The Morgan fingerprint density at radius 2 is 1.26 bits per heavy atom. The minimum atomic E-state index is 0.248. The summed E-state index contributed by atoms with van der Waals surface area (Å²) in [4.78, 5) is 13.3. The van der Waals surface area contributed by atoms with Gasteiger partial charge < -0.3 is 24.8 Å². The lowest BCUT2D eigenvalue weighted by Gasteiger charge is -2.10. The van der Waals surface area contributed by atoms with Crippen LogP contribution in [-0.4, -0.2) is 42.5 Å². The van der Waals surface area contributed by atoms with Crippen LogP contribution in [0.15, 0.2) is 77.9 Å². The Kier molecular flexibility index (Phi) is 7.54. The van der Waals surface area contributed by atoms with E-state index in [-0.39, 0.29) is 5.95 Å². The van der Waals surface area contributed by atoms with E-state index in [0.29, 0.717) is 23.4 Å². The molecule has 0 spiro atoms. The van der Waals surface area contributed by atoms with Crippen LogP contribution in [-0.2, 0) is 0 Å². The number of methoxy groups -OCH3 is 3. The Labute approximate surface area is 203 Å². The zero-order valence-corrected chi connectivity index (χ0v) is 19.5. The first-order valence-electron chi connectivity index (χ1n) is 10.7. The molecule has 0 atom stereocenters. The summed E-state index contributed by atoms with van der Waals surface area (Å²) in [6.45, 7) is 0. The normalized spacial score (nSPS) is 10.6. The van der Waals surface area contributed by atoms with Gasteiger partial charge in [-0.1, -0.05) is 18.2 Å². The van der Waals surface area contributed by atoms with E-state index in [4.69, 9.17) is 14.2 Å². The molecule has 0 aliphatic rings. The van der Waals surface area contributed by atoms with Crippen molar-refractivity contribution in [2.24, 2.45) is 5.10 Å². The van der Waals surface area contributed by atoms with Gasteiger partial charge in [0.1, 0.15) is 17.2 Å². The van der Waals surface area contributed by atoms with Crippen LogP contribution >= 0.6 is 0 Å². The van der Waals surface area contributed by atoms with Gasteiger partial charge in [0.2, 0.25) is 17.8 Å². The predicted molar refractivity (Wildman–Crippen MR) is 137 cm³/mol. The summed E-state index contributed by atoms with van der Waals surface area (Å²) in [5.74, 6) is 3.00. The van der Waals surface area contributed by atoms with Gasteiger partial charge in [-0.3, -0.25) is 0 Å². The van der Waals surface area contributed by atoms with Gasteiger partial charge in [-0.2, -0.15) is 20.1 Å². The quantitative estimate of drug-likeness (QED) is 0.221. The van der Waals surface area contributed by atoms with E-state index < -0.39 is 0 Å². The third-order valence-corrected chi connectivity index (χ3v) is 4.82. The average Bonchev–Trinajstić information content (AvgIpc) is 2.90. The minimum Gasteiger partial charge on any atom is -0.497 e. The smallest absolute Gasteiger partial charge is 0.250 e. The number of para-hydroxylation sites is 1. The minimum absolute atomic E-state index is 0.248. The van der Waals surface area contributed by atoms with Crippen LogP contribution in [0.3, 0.4) is 0 Å². The van der Waals surface area contributed by atoms with E-state index in [9.17, 15) is 0 Å². The van der Waals surface area contributed by atoms with E-state index in [0.717, 1.165) is 22.7 Å². The van der Waals surface area contributed by atoms with E-state index in [1.807, 2.05) is 66.7 Å². The second kappa shape index (κ2) is 11.3. The average molecular weight is 472 g/mol. The number of hydrogen-bond donors (Lipinski definition) is 3. The van der Waals surface area contributed by atoms with E-state index in [1.165, 1.54) is 0 Å². The maximum atomic E-state index is 5.41. The highest BCUT2D eigenvalue weighted by Crippen LogP contribution is 2.24. The molecule has 3 N–H and O–H groups in total. The first-order chi connectivity index (χ1) is 17.2. The summed E-state index contributed by atoms with van der Waals surface area (Å²) >= 11 is 0. The van der Waals surface area contributed by atoms with Gasteiger partial charge in [0.05, 0.1) is 27.5 Å². The number of benzene rings is 3. The fourth-order valence-corrected chi connectivity index (χ4v) is 3.08. The van der Waals surface area contributed by atoms with E-state index in [1.54, 1.807) is 33.6 Å². The highest BCUT2D eigenvalue weighted by atomic mass is 16.5. The van der Waals surface area contributed by atoms with Crippen molar-refractivity contribution in [1.82, 2.24) is 15.0 Å². The van der Waals surface area contributed by atoms with Crippen molar-refractivity contribution in [3.8, 4) is 17.2 Å². The number of anilines is 5. The van der Waals surface area contributed by atoms with Crippen molar-refractivity contribution in [2.45, 2.75) is 0 Å². The summed E-state index contributed by atoms with van der Waals surface area (Å²) in [6.07, 6.45) is 1.61. The molecule has 0 saturated carbocycles. The summed E-state index contributed by atoms with van der Waals surface area (Å²) in [5.41, 5.74) is 5.25. The lowest BCUT2D eigenvalue weighted by Crippen LogP contribution is -2.07. The van der Waals surface area contributed by atoms with Crippen molar-refractivity contribution in [3.05, 3.63) is 78.4 Å². The van der Waals surface area contributed by atoms with E-state index in [2.05, 4.69) is 36.1 Å². The molecular formula is C25H25N7O3. The van der Waals surface area contributed by atoms with Crippen LogP contribution in [0, 0.1) is 0 Å². The number of nitrogens with zero attached hydrogens (tertiary/aromatic N) is 4. The lowest BCUT2D eigenvalue weighted by atomic mass is 10.2. The number of rotatable bonds is 10. The highest BCUT2D eigenvalue weighted by Gasteiger charge is 2.08. The molecule has 35 heavy (non-hydrogen) atoms. The number of hydrogen-bond acceptors (Lipinski definition) is 10. The fraction of sp³-hybridized carbons (Fsp3) is 0.120. The lowest BCUT2D eigenvalue weighted by molar-refractivity contribution is 0.394. The van der Waals surface area contributed by atoms with Gasteiger partial charge in [-0.15, -0.1) is 0 Å². The molecule has 1 aromatic heterocycles. The van der Waals surface area contributed by atoms with Gasteiger partial charge in [-0.05, 0) is 48.5 Å². The van der Waals surface area contributed by atoms with Crippen molar-refractivity contribution < 1.29 is 14.2 Å². The van der Waals surface area contributed by atoms with Gasteiger partial charge in [0.25, 0.3) is 0 Å². The predicted octanol–water partition coefficient (Wildman–Crippen LogP) is 4.83. The largest absolute Gasteiger partial charge is 0.497 e. The Hall–Kier alpha value is -4.86. The molecule has 178 valence electrons. The first-order valence-corrected chi connectivity index (χ1v) is 10.7.